The summed E-state index contributed by atoms with van der Waals surface area (Å²) in [6.45, 7) is 5.47. The minimum Gasteiger partial charge on any atom is -0.434 e. The molecule has 24 heavy (non-hydrogen) atoms. The van der Waals surface area contributed by atoms with Gasteiger partial charge in [-0.1, -0.05) is 19.9 Å². The van der Waals surface area contributed by atoms with Crippen LogP contribution in [0.3, 0.4) is 0 Å². The molecule has 0 saturated carbocycles. The average Bonchev–Trinajstić information content (AvgIpc) is 2.49. The summed E-state index contributed by atoms with van der Waals surface area (Å²) in [6.07, 6.45) is 0. The lowest BCUT2D eigenvalue weighted by atomic mass is 9.69. The summed E-state index contributed by atoms with van der Waals surface area (Å²) in [6, 6.07) is 4.34. The molecular formula is C16H22BF2NO4. The number of rotatable bonds is 4. The minimum atomic E-state index is -3.01. The first-order valence-corrected chi connectivity index (χ1v) is 7.67. The van der Waals surface area contributed by atoms with Gasteiger partial charge in [0, 0.05) is 19.1 Å². The third-order valence-electron chi connectivity index (χ3n) is 4.59. The smallest absolute Gasteiger partial charge is 0.434 e. The second-order valence-corrected chi connectivity index (χ2v) is 6.87. The highest BCUT2D eigenvalue weighted by molar-refractivity contribution is 6.61. The normalized spacial score (nSPS) is 19.2. The molecule has 1 aliphatic rings. The van der Waals surface area contributed by atoms with E-state index in [-0.39, 0.29) is 16.7 Å². The molecule has 2 rings (SSSR count). The molecule has 0 atom stereocenters. The van der Waals surface area contributed by atoms with E-state index in [0.717, 1.165) is 0 Å². The number of amides is 1. The molecule has 0 unspecified atom stereocenters. The molecule has 1 heterocycles. The van der Waals surface area contributed by atoms with E-state index in [9.17, 15) is 13.6 Å². The van der Waals surface area contributed by atoms with E-state index >= 15 is 0 Å². The Labute approximate surface area is 140 Å². The monoisotopic (exact) mass is 341 g/mol. The highest BCUT2D eigenvalue weighted by Crippen LogP contribution is 2.38. The Morgan fingerprint density at radius 2 is 2.00 bits per heavy atom. The number of carbonyl (C=O) groups excluding carboxylic acids is 1. The van der Waals surface area contributed by atoms with Crippen LogP contribution in [0.4, 0.5) is 8.78 Å². The van der Waals surface area contributed by atoms with Crippen molar-refractivity contribution in [1.29, 1.82) is 0 Å². The first-order valence-electron chi connectivity index (χ1n) is 7.67. The first kappa shape index (κ1) is 18.7. The third kappa shape index (κ3) is 3.70. The molecule has 1 fully saturated rings. The number of benzene rings is 1. The molecule has 5 nitrogen and oxygen atoms in total. The Kier molecular flexibility index (Phi) is 5.20. The summed E-state index contributed by atoms with van der Waals surface area (Å²) in [5, 5.41) is 2.41. The molecule has 0 bridgehead atoms. The molecule has 0 spiro atoms. The molecule has 0 aromatic heterocycles. The first-order chi connectivity index (χ1) is 11.1. The van der Waals surface area contributed by atoms with Crippen LogP contribution in [0.15, 0.2) is 18.2 Å². The van der Waals surface area contributed by atoms with Crippen molar-refractivity contribution in [2.24, 2.45) is 5.41 Å². The van der Waals surface area contributed by atoms with Crippen molar-refractivity contribution in [3.8, 4) is 5.75 Å². The predicted molar refractivity (Wildman–Crippen MR) is 86.7 cm³/mol. The summed E-state index contributed by atoms with van der Waals surface area (Å²) in [4.78, 5) is 12.0. The van der Waals surface area contributed by atoms with E-state index in [4.69, 9.17) is 9.31 Å². The maximum Gasteiger partial charge on any atom is 0.494 e. The molecule has 1 aliphatic heterocycles. The van der Waals surface area contributed by atoms with E-state index < -0.39 is 25.2 Å². The van der Waals surface area contributed by atoms with Crippen molar-refractivity contribution in [3.63, 3.8) is 0 Å². The Bertz CT molecular complexity index is 622. The zero-order valence-electron chi connectivity index (χ0n) is 14.5. The summed E-state index contributed by atoms with van der Waals surface area (Å²) in [7, 11) is 0.734. The number of carbonyl (C=O) groups is 1. The number of halogens is 2. The SMILES string of the molecule is CNC(=O)c1cc(B2OCC(C)(C)C(C)(C)O2)ccc1OC(F)F. The maximum absolute atomic E-state index is 12.5. The number of hydrogen-bond acceptors (Lipinski definition) is 4. The van der Waals surface area contributed by atoms with Crippen LogP contribution in [-0.4, -0.2) is 38.9 Å². The number of alkyl halides is 2. The molecular weight excluding hydrogens is 319 g/mol. The highest BCUT2D eigenvalue weighted by Gasteiger charge is 2.47. The van der Waals surface area contributed by atoms with Crippen molar-refractivity contribution < 1.29 is 27.6 Å². The van der Waals surface area contributed by atoms with Gasteiger partial charge in [-0.15, -0.1) is 0 Å². The van der Waals surface area contributed by atoms with Gasteiger partial charge in [0.05, 0.1) is 11.2 Å². The quantitative estimate of drug-likeness (QED) is 0.853. The van der Waals surface area contributed by atoms with E-state index in [1.54, 1.807) is 6.07 Å². The predicted octanol–water partition coefficient (Wildman–Crippen LogP) is 2.19. The lowest BCUT2D eigenvalue weighted by Crippen LogP contribution is -2.58. The molecule has 1 N–H and O–H groups in total. The number of hydrogen-bond donors (Lipinski definition) is 1. The number of nitrogens with one attached hydrogen (secondary N) is 1. The Morgan fingerprint density at radius 1 is 1.33 bits per heavy atom. The van der Waals surface area contributed by atoms with Crippen LogP contribution < -0.4 is 15.5 Å². The molecule has 0 aliphatic carbocycles. The fraction of sp³-hybridized carbons (Fsp3) is 0.562. The van der Waals surface area contributed by atoms with Gasteiger partial charge in [-0.25, -0.2) is 0 Å². The third-order valence-corrected chi connectivity index (χ3v) is 4.59. The van der Waals surface area contributed by atoms with Gasteiger partial charge >= 0.3 is 13.7 Å². The van der Waals surface area contributed by atoms with Crippen LogP contribution in [0.25, 0.3) is 0 Å². The van der Waals surface area contributed by atoms with Crippen molar-refractivity contribution in [1.82, 2.24) is 5.32 Å². The van der Waals surface area contributed by atoms with Crippen LogP contribution in [0.1, 0.15) is 38.1 Å². The fourth-order valence-corrected chi connectivity index (χ4v) is 2.29. The summed E-state index contributed by atoms with van der Waals surface area (Å²) in [5.41, 5.74) is -0.0727. The largest absolute Gasteiger partial charge is 0.494 e. The molecule has 1 aromatic carbocycles. The molecule has 132 valence electrons. The average molecular weight is 341 g/mol. The van der Waals surface area contributed by atoms with Gasteiger partial charge in [0.25, 0.3) is 5.91 Å². The summed E-state index contributed by atoms with van der Waals surface area (Å²) < 4.78 is 41.2. The number of ether oxygens (including phenoxy) is 1. The Hall–Kier alpha value is -1.67. The molecule has 1 saturated heterocycles. The van der Waals surface area contributed by atoms with Gasteiger partial charge in [0.2, 0.25) is 0 Å². The molecule has 1 amide bonds. The summed E-state index contributed by atoms with van der Waals surface area (Å²) >= 11 is 0. The lowest BCUT2D eigenvalue weighted by molar-refractivity contribution is -0.0937. The topological polar surface area (TPSA) is 56.8 Å². The van der Waals surface area contributed by atoms with Crippen molar-refractivity contribution in [3.05, 3.63) is 23.8 Å². The van der Waals surface area contributed by atoms with Crippen LogP contribution in [0.2, 0.25) is 0 Å². The highest BCUT2D eigenvalue weighted by atomic mass is 19.3. The summed E-state index contributed by atoms with van der Waals surface area (Å²) in [5.74, 6) is -0.716. The van der Waals surface area contributed by atoms with Gasteiger partial charge in [0.15, 0.2) is 0 Å². The standard InChI is InChI=1S/C16H22BF2NO4/c1-15(2)9-22-17(24-16(15,3)4)10-6-7-12(23-14(18)19)11(8-10)13(21)20-5/h6-8,14H,9H2,1-5H3,(H,20,21). The minimum absolute atomic E-state index is 0.00476. The second kappa shape index (κ2) is 6.68. The van der Waals surface area contributed by atoms with Gasteiger partial charge in [-0.3, -0.25) is 4.79 Å². The Balaban J connectivity index is 2.33. The second-order valence-electron chi connectivity index (χ2n) is 6.87. The van der Waals surface area contributed by atoms with Gasteiger partial charge < -0.3 is 19.4 Å². The van der Waals surface area contributed by atoms with Crippen molar-refractivity contribution in [2.45, 2.75) is 39.9 Å². The van der Waals surface area contributed by atoms with Crippen LogP contribution in [0, 0.1) is 5.41 Å². The van der Waals surface area contributed by atoms with Crippen LogP contribution >= 0.6 is 0 Å². The van der Waals surface area contributed by atoms with E-state index in [1.807, 2.05) is 27.7 Å². The van der Waals surface area contributed by atoms with Gasteiger partial charge in [0.1, 0.15) is 5.75 Å². The molecule has 0 radical (unpaired) electrons. The van der Waals surface area contributed by atoms with Crippen molar-refractivity contribution >= 4 is 18.5 Å². The fourth-order valence-electron chi connectivity index (χ4n) is 2.29. The van der Waals surface area contributed by atoms with Crippen LogP contribution in [0.5, 0.6) is 5.75 Å². The van der Waals surface area contributed by atoms with E-state index in [0.29, 0.717) is 12.1 Å². The van der Waals surface area contributed by atoms with E-state index in [1.165, 1.54) is 19.2 Å². The zero-order valence-corrected chi connectivity index (χ0v) is 14.5. The molecule has 8 heteroatoms. The van der Waals surface area contributed by atoms with Gasteiger partial charge in [-0.2, -0.15) is 8.78 Å². The van der Waals surface area contributed by atoms with Gasteiger partial charge in [-0.05, 0) is 31.4 Å². The van der Waals surface area contributed by atoms with E-state index in [2.05, 4.69) is 10.1 Å². The maximum atomic E-state index is 12.5. The Morgan fingerprint density at radius 3 is 2.54 bits per heavy atom. The van der Waals surface area contributed by atoms with Crippen molar-refractivity contribution in [2.75, 3.05) is 13.7 Å². The van der Waals surface area contributed by atoms with Crippen LogP contribution in [-0.2, 0) is 9.31 Å². The molecule has 1 aromatic rings. The lowest BCUT2D eigenvalue weighted by Gasteiger charge is -2.47. The zero-order chi connectivity index (χ0) is 18.1.